The lowest BCUT2D eigenvalue weighted by atomic mass is 9.85. The molecule has 248 valence electrons. The van der Waals surface area contributed by atoms with Gasteiger partial charge in [-0.25, -0.2) is 4.57 Å². The fraction of sp³-hybridized carbons (Fsp3) is 0.929. The van der Waals surface area contributed by atoms with Crippen LogP contribution in [0.5, 0.6) is 0 Å². The number of carbonyl (C=O) groups excluding carboxylic acids is 2. The van der Waals surface area contributed by atoms with Crippen LogP contribution in [-0.2, 0) is 32.7 Å². The molecule has 0 spiro atoms. The molecular formula is C28H53O13P. The van der Waals surface area contributed by atoms with Crippen molar-refractivity contribution in [1.29, 1.82) is 0 Å². The van der Waals surface area contributed by atoms with E-state index in [2.05, 4.69) is 13.8 Å². The Kier molecular flexibility index (Phi) is 19.9. The fourth-order valence-electron chi connectivity index (χ4n) is 4.58. The van der Waals surface area contributed by atoms with Crippen LogP contribution >= 0.6 is 7.82 Å². The van der Waals surface area contributed by atoms with Crippen LogP contribution in [0.3, 0.4) is 0 Å². The van der Waals surface area contributed by atoms with Crippen molar-refractivity contribution in [2.75, 3.05) is 13.2 Å². The fourth-order valence-corrected chi connectivity index (χ4v) is 5.55. The molecule has 0 amide bonds. The topological polar surface area (TPSA) is 210 Å². The van der Waals surface area contributed by atoms with Crippen LogP contribution in [0.1, 0.15) is 110 Å². The van der Waals surface area contributed by atoms with Crippen LogP contribution in [-0.4, -0.2) is 98.3 Å². The Hall–Kier alpha value is -1.15. The molecule has 3 unspecified atom stereocenters. The van der Waals surface area contributed by atoms with Gasteiger partial charge in [-0.15, -0.1) is 0 Å². The van der Waals surface area contributed by atoms with Crippen molar-refractivity contribution in [2.24, 2.45) is 0 Å². The number of phosphoric acid groups is 1. The van der Waals surface area contributed by atoms with Gasteiger partial charge in [-0.05, 0) is 12.8 Å². The lowest BCUT2D eigenvalue weighted by Crippen LogP contribution is -2.64. The molecule has 6 N–H and O–H groups in total. The SMILES string of the molecule is CCCCCCCCCC(=O)O[C@H](COC(=O)CCCCCCCC)COP(=O)(O)OC1[C@@H](O)[C@H](O)C(O)[C@@H](O)[C@H]1O. The Balaban J connectivity index is 2.66. The molecule has 1 saturated carbocycles. The zero-order chi connectivity index (χ0) is 31.5. The number of carbonyl (C=O) groups is 2. The Labute approximate surface area is 249 Å². The third-order valence-electron chi connectivity index (χ3n) is 7.20. The highest BCUT2D eigenvalue weighted by molar-refractivity contribution is 7.47. The van der Waals surface area contributed by atoms with Crippen molar-refractivity contribution in [1.82, 2.24) is 0 Å². The molecule has 42 heavy (non-hydrogen) atoms. The van der Waals surface area contributed by atoms with E-state index in [1.54, 1.807) is 0 Å². The van der Waals surface area contributed by atoms with Gasteiger partial charge in [0.25, 0.3) is 0 Å². The number of hydrogen-bond acceptors (Lipinski definition) is 12. The van der Waals surface area contributed by atoms with Gasteiger partial charge < -0.3 is 39.9 Å². The second-order valence-corrected chi connectivity index (χ2v) is 12.4. The van der Waals surface area contributed by atoms with Gasteiger partial charge in [0.2, 0.25) is 0 Å². The quantitative estimate of drug-likeness (QED) is 0.0547. The van der Waals surface area contributed by atoms with E-state index in [9.17, 15) is 44.6 Å². The van der Waals surface area contributed by atoms with Crippen molar-refractivity contribution in [3.63, 3.8) is 0 Å². The smallest absolute Gasteiger partial charge is 0.462 e. The lowest BCUT2D eigenvalue weighted by Gasteiger charge is -2.41. The van der Waals surface area contributed by atoms with Crippen molar-refractivity contribution in [3.8, 4) is 0 Å². The summed E-state index contributed by atoms with van der Waals surface area (Å²) in [5.41, 5.74) is 0. The summed E-state index contributed by atoms with van der Waals surface area (Å²) < 4.78 is 32.9. The molecule has 0 aromatic carbocycles. The van der Waals surface area contributed by atoms with Crippen LogP contribution in [0.15, 0.2) is 0 Å². The third kappa shape index (κ3) is 15.5. The average Bonchev–Trinajstić information content (AvgIpc) is 2.96. The number of aliphatic hydroxyl groups is 5. The van der Waals surface area contributed by atoms with Crippen LogP contribution < -0.4 is 0 Å². The summed E-state index contributed by atoms with van der Waals surface area (Å²) in [6.07, 6.45) is -0.0731. The van der Waals surface area contributed by atoms with Gasteiger partial charge in [0, 0.05) is 12.8 Å². The number of esters is 2. The maximum absolute atomic E-state index is 12.6. The first-order valence-electron chi connectivity index (χ1n) is 15.3. The van der Waals surface area contributed by atoms with Crippen LogP contribution in [0, 0.1) is 0 Å². The summed E-state index contributed by atoms with van der Waals surface area (Å²) >= 11 is 0. The summed E-state index contributed by atoms with van der Waals surface area (Å²) in [4.78, 5) is 34.8. The van der Waals surface area contributed by atoms with Crippen molar-refractivity contribution in [2.45, 2.75) is 153 Å². The minimum absolute atomic E-state index is 0.0990. The molecular weight excluding hydrogens is 575 g/mol. The zero-order valence-electron chi connectivity index (χ0n) is 25.1. The molecule has 0 radical (unpaired) electrons. The Morgan fingerprint density at radius 1 is 0.643 bits per heavy atom. The normalized spacial score (nSPS) is 26.4. The van der Waals surface area contributed by atoms with Crippen LogP contribution in [0.25, 0.3) is 0 Å². The second kappa shape index (κ2) is 21.5. The van der Waals surface area contributed by atoms with Crippen molar-refractivity contribution in [3.05, 3.63) is 0 Å². The van der Waals surface area contributed by atoms with E-state index in [0.29, 0.717) is 12.8 Å². The first-order valence-corrected chi connectivity index (χ1v) is 16.8. The highest BCUT2D eigenvalue weighted by Crippen LogP contribution is 2.47. The van der Waals surface area contributed by atoms with Gasteiger partial charge in [-0.1, -0.05) is 84.5 Å². The van der Waals surface area contributed by atoms with E-state index in [1.807, 2.05) is 0 Å². The van der Waals surface area contributed by atoms with E-state index in [0.717, 1.165) is 64.2 Å². The molecule has 1 aliphatic carbocycles. The molecule has 1 rings (SSSR count). The summed E-state index contributed by atoms with van der Waals surface area (Å²) in [5.74, 6) is -1.12. The predicted molar refractivity (Wildman–Crippen MR) is 152 cm³/mol. The summed E-state index contributed by atoms with van der Waals surface area (Å²) in [6.45, 7) is 3.08. The standard InChI is InChI=1S/C28H53O13P/c1-3-5-7-9-11-13-15-17-22(30)40-20(18-38-21(29)16-14-12-10-8-6-4-2)19-39-42(36,37)41-28-26(34)24(32)23(31)25(33)27(28)35/h20,23-28,31-35H,3-19H2,1-2H3,(H,36,37)/t20-,23?,24-,25-,26-,27+,28?/m1/s1. The first kappa shape index (κ1) is 38.9. The third-order valence-corrected chi connectivity index (χ3v) is 8.18. The zero-order valence-corrected chi connectivity index (χ0v) is 25.9. The Morgan fingerprint density at radius 2 is 1.07 bits per heavy atom. The number of aliphatic hydroxyl groups excluding tert-OH is 5. The van der Waals surface area contributed by atoms with Crippen molar-refractivity contribution < 1.29 is 63.1 Å². The molecule has 1 aliphatic rings. The molecule has 0 aromatic heterocycles. The molecule has 0 heterocycles. The number of unbranched alkanes of at least 4 members (excludes halogenated alkanes) is 11. The van der Waals surface area contributed by atoms with E-state index < -0.39 is 75.7 Å². The van der Waals surface area contributed by atoms with Crippen molar-refractivity contribution >= 4 is 19.8 Å². The molecule has 8 atom stereocenters. The molecule has 0 bridgehead atoms. The largest absolute Gasteiger partial charge is 0.472 e. The van der Waals surface area contributed by atoms with Gasteiger partial charge in [0.15, 0.2) is 6.10 Å². The lowest BCUT2D eigenvalue weighted by molar-refractivity contribution is -0.220. The van der Waals surface area contributed by atoms with Gasteiger partial charge in [0.1, 0.15) is 43.2 Å². The maximum atomic E-state index is 12.6. The average molecular weight is 629 g/mol. The second-order valence-electron chi connectivity index (χ2n) is 11.0. The Morgan fingerprint density at radius 3 is 1.57 bits per heavy atom. The summed E-state index contributed by atoms with van der Waals surface area (Å²) in [6, 6.07) is 0. The summed E-state index contributed by atoms with van der Waals surface area (Å²) in [7, 11) is -5.08. The van der Waals surface area contributed by atoms with Gasteiger partial charge in [-0.2, -0.15) is 0 Å². The number of hydrogen-bond donors (Lipinski definition) is 6. The number of rotatable bonds is 23. The van der Waals surface area contributed by atoms with E-state index in [-0.39, 0.29) is 12.8 Å². The molecule has 1 fully saturated rings. The monoisotopic (exact) mass is 628 g/mol. The maximum Gasteiger partial charge on any atom is 0.472 e. The molecule has 13 nitrogen and oxygen atoms in total. The van der Waals surface area contributed by atoms with E-state index in [4.69, 9.17) is 18.5 Å². The Bertz CT molecular complexity index is 782. The van der Waals surface area contributed by atoms with Gasteiger partial charge >= 0.3 is 19.8 Å². The van der Waals surface area contributed by atoms with Gasteiger partial charge in [-0.3, -0.25) is 18.6 Å². The first-order chi connectivity index (χ1) is 19.9. The van der Waals surface area contributed by atoms with E-state index >= 15 is 0 Å². The number of ether oxygens (including phenoxy) is 2. The van der Waals surface area contributed by atoms with E-state index in [1.165, 1.54) is 6.42 Å². The summed E-state index contributed by atoms with van der Waals surface area (Å²) in [5, 5.41) is 49.5. The molecule has 0 aliphatic heterocycles. The minimum Gasteiger partial charge on any atom is -0.462 e. The van der Waals surface area contributed by atoms with Crippen LogP contribution in [0.4, 0.5) is 0 Å². The highest BCUT2D eigenvalue weighted by atomic mass is 31.2. The predicted octanol–water partition coefficient (Wildman–Crippen LogP) is 2.65. The minimum atomic E-state index is -5.08. The molecule has 0 aromatic rings. The van der Waals surface area contributed by atoms with Crippen LogP contribution in [0.2, 0.25) is 0 Å². The molecule has 0 saturated heterocycles. The van der Waals surface area contributed by atoms with Gasteiger partial charge in [0.05, 0.1) is 6.61 Å². The number of phosphoric ester groups is 1. The highest BCUT2D eigenvalue weighted by Gasteiger charge is 2.51. The molecule has 14 heteroatoms.